The van der Waals surface area contributed by atoms with Gasteiger partial charge in [0.25, 0.3) is 0 Å². The Morgan fingerprint density at radius 3 is 2.94 bits per heavy atom. The SMILES string of the molecule is O=C(NCc1cc[nH]c1)Nc1cccc(F)c1. The fourth-order valence-corrected chi connectivity index (χ4v) is 1.39. The van der Waals surface area contributed by atoms with Crippen LogP contribution in [-0.4, -0.2) is 11.0 Å². The molecule has 17 heavy (non-hydrogen) atoms. The van der Waals surface area contributed by atoms with E-state index in [-0.39, 0.29) is 11.8 Å². The summed E-state index contributed by atoms with van der Waals surface area (Å²) < 4.78 is 12.9. The molecule has 1 aromatic carbocycles. The maximum absolute atomic E-state index is 12.9. The smallest absolute Gasteiger partial charge is 0.319 e. The predicted molar refractivity (Wildman–Crippen MR) is 63.1 cm³/mol. The normalized spacial score (nSPS) is 9.94. The van der Waals surface area contributed by atoms with E-state index in [1.807, 2.05) is 6.07 Å². The van der Waals surface area contributed by atoms with E-state index < -0.39 is 0 Å². The number of amides is 2. The number of anilines is 1. The van der Waals surface area contributed by atoms with Crippen LogP contribution in [0.1, 0.15) is 5.56 Å². The van der Waals surface area contributed by atoms with E-state index in [0.29, 0.717) is 12.2 Å². The zero-order chi connectivity index (χ0) is 12.1. The first-order valence-electron chi connectivity index (χ1n) is 5.16. The lowest BCUT2D eigenvalue weighted by Gasteiger charge is -2.06. The van der Waals surface area contributed by atoms with Gasteiger partial charge in [0.15, 0.2) is 0 Å². The van der Waals surface area contributed by atoms with Gasteiger partial charge in [-0.2, -0.15) is 0 Å². The minimum atomic E-state index is -0.381. The average Bonchev–Trinajstić information content (AvgIpc) is 2.79. The van der Waals surface area contributed by atoms with Gasteiger partial charge in [-0.05, 0) is 29.8 Å². The molecule has 1 aromatic heterocycles. The first-order valence-corrected chi connectivity index (χ1v) is 5.16. The summed E-state index contributed by atoms with van der Waals surface area (Å²) in [4.78, 5) is 14.4. The molecule has 0 saturated heterocycles. The van der Waals surface area contributed by atoms with Gasteiger partial charge in [0.05, 0.1) is 0 Å². The van der Waals surface area contributed by atoms with Crippen LogP contribution >= 0.6 is 0 Å². The van der Waals surface area contributed by atoms with Crippen molar-refractivity contribution in [1.82, 2.24) is 10.3 Å². The van der Waals surface area contributed by atoms with Gasteiger partial charge in [-0.3, -0.25) is 0 Å². The molecule has 0 aliphatic rings. The van der Waals surface area contributed by atoms with Crippen molar-refractivity contribution in [2.24, 2.45) is 0 Å². The number of aromatic nitrogens is 1. The van der Waals surface area contributed by atoms with Crippen LogP contribution in [0, 0.1) is 5.82 Å². The van der Waals surface area contributed by atoms with Crippen LogP contribution in [0.3, 0.4) is 0 Å². The number of H-pyrrole nitrogens is 1. The van der Waals surface area contributed by atoms with E-state index in [1.54, 1.807) is 18.5 Å². The molecule has 0 bridgehead atoms. The van der Waals surface area contributed by atoms with E-state index in [1.165, 1.54) is 18.2 Å². The zero-order valence-corrected chi connectivity index (χ0v) is 9.03. The third kappa shape index (κ3) is 3.34. The van der Waals surface area contributed by atoms with Crippen LogP contribution in [0.2, 0.25) is 0 Å². The predicted octanol–water partition coefficient (Wildman–Crippen LogP) is 2.48. The van der Waals surface area contributed by atoms with E-state index in [2.05, 4.69) is 15.6 Å². The molecule has 0 aliphatic heterocycles. The third-order valence-electron chi connectivity index (χ3n) is 2.20. The number of benzene rings is 1. The number of carbonyl (C=O) groups is 1. The van der Waals surface area contributed by atoms with Crippen molar-refractivity contribution < 1.29 is 9.18 Å². The Morgan fingerprint density at radius 1 is 1.35 bits per heavy atom. The average molecular weight is 233 g/mol. The minimum absolute atomic E-state index is 0.364. The van der Waals surface area contributed by atoms with Crippen LogP contribution < -0.4 is 10.6 Å². The Kier molecular flexibility index (Phi) is 3.40. The van der Waals surface area contributed by atoms with Gasteiger partial charge >= 0.3 is 6.03 Å². The summed E-state index contributed by atoms with van der Waals surface area (Å²) >= 11 is 0. The van der Waals surface area contributed by atoms with Crippen LogP contribution in [0.25, 0.3) is 0 Å². The molecule has 4 nitrogen and oxygen atoms in total. The Balaban J connectivity index is 1.85. The summed E-state index contributed by atoms with van der Waals surface area (Å²) in [6.45, 7) is 0.421. The number of urea groups is 1. The molecular formula is C12H12FN3O. The van der Waals surface area contributed by atoms with Gasteiger partial charge in [0.2, 0.25) is 0 Å². The molecule has 3 N–H and O–H groups in total. The number of rotatable bonds is 3. The van der Waals surface area contributed by atoms with Crippen molar-refractivity contribution in [1.29, 1.82) is 0 Å². The van der Waals surface area contributed by atoms with E-state index in [0.717, 1.165) is 5.56 Å². The molecule has 2 rings (SSSR count). The number of halogens is 1. The number of hydrogen-bond donors (Lipinski definition) is 3. The highest BCUT2D eigenvalue weighted by molar-refractivity contribution is 5.89. The van der Waals surface area contributed by atoms with Crippen LogP contribution in [0.4, 0.5) is 14.9 Å². The van der Waals surface area contributed by atoms with Gasteiger partial charge in [0.1, 0.15) is 5.82 Å². The second kappa shape index (κ2) is 5.16. The summed E-state index contributed by atoms with van der Waals surface area (Å²) in [5, 5.41) is 5.21. The van der Waals surface area contributed by atoms with Gasteiger partial charge in [0, 0.05) is 24.6 Å². The molecule has 1 heterocycles. The second-order valence-corrected chi connectivity index (χ2v) is 3.54. The van der Waals surface area contributed by atoms with Crippen molar-refractivity contribution >= 4 is 11.7 Å². The fraction of sp³-hybridized carbons (Fsp3) is 0.0833. The topological polar surface area (TPSA) is 56.9 Å². The summed E-state index contributed by atoms with van der Waals surface area (Å²) in [5.74, 6) is -0.381. The maximum Gasteiger partial charge on any atom is 0.319 e. The summed E-state index contributed by atoms with van der Waals surface area (Å²) in [7, 11) is 0. The van der Waals surface area contributed by atoms with Crippen molar-refractivity contribution in [2.45, 2.75) is 6.54 Å². The largest absolute Gasteiger partial charge is 0.367 e. The van der Waals surface area contributed by atoms with Crippen LogP contribution in [-0.2, 0) is 6.54 Å². The Bertz CT molecular complexity index is 496. The molecule has 5 heteroatoms. The second-order valence-electron chi connectivity index (χ2n) is 3.54. The van der Waals surface area contributed by atoms with Crippen molar-refractivity contribution in [3.8, 4) is 0 Å². The highest BCUT2D eigenvalue weighted by Crippen LogP contribution is 2.08. The van der Waals surface area contributed by atoms with Crippen LogP contribution in [0.15, 0.2) is 42.7 Å². The quantitative estimate of drug-likeness (QED) is 0.749. The third-order valence-corrected chi connectivity index (χ3v) is 2.20. The van der Waals surface area contributed by atoms with E-state index in [4.69, 9.17) is 0 Å². The lowest BCUT2D eigenvalue weighted by molar-refractivity contribution is 0.251. The molecule has 0 unspecified atom stereocenters. The van der Waals surface area contributed by atoms with Crippen molar-refractivity contribution in [2.75, 3.05) is 5.32 Å². The Morgan fingerprint density at radius 2 is 2.24 bits per heavy atom. The molecule has 0 atom stereocenters. The summed E-state index contributed by atoms with van der Waals surface area (Å²) in [5.41, 5.74) is 1.40. The van der Waals surface area contributed by atoms with Crippen LogP contribution in [0.5, 0.6) is 0 Å². The van der Waals surface area contributed by atoms with Gasteiger partial charge in [-0.25, -0.2) is 9.18 Å². The number of carbonyl (C=O) groups excluding carboxylic acids is 1. The minimum Gasteiger partial charge on any atom is -0.367 e. The monoisotopic (exact) mass is 233 g/mol. The Hall–Kier alpha value is -2.30. The standard InChI is InChI=1S/C12H12FN3O/c13-10-2-1-3-11(6-10)16-12(17)15-8-9-4-5-14-7-9/h1-7,14H,8H2,(H2,15,16,17). The molecule has 88 valence electrons. The lowest BCUT2D eigenvalue weighted by Crippen LogP contribution is -2.28. The van der Waals surface area contributed by atoms with Gasteiger partial charge < -0.3 is 15.6 Å². The molecule has 0 spiro atoms. The highest BCUT2D eigenvalue weighted by Gasteiger charge is 2.02. The summed E-state index contributed by atoms with van der Waals surface area (Å²) in [6.07, 6.45) is 3.57. The van der Waals surface area contributed by atoms with E-state index >= 15 is 0 Å². The molecule has 0 aliphatic carbocycles. The lowest BCUT2D eigenvalue weighted by atomic mass is 10.3. The first-order chi connectivity index (χ1) is 8.24. The molecule has 0 saturated carbocycles. The zero-order valence-electron chi connectivity index (χ0n) is 9.03. The molecule has 2 amide bonds. The van der Waals surface area contributed by atoms with E-state index in [9.17, 15) is 9.18 Å². The van der Waals surface area contributed by atoms with Crippen molar-refractivity contribution in [3.05, 3.63) is 54.1 Å². The highest BCUT2D eigenvalue weighted by atomic mass is 19.1. The Labute approximate surface area is 97.9 Å². The fourth-order valence-electron chi connectivity index (χ4n) is 1.39. The molecular weight excluding hydrogens is 221 g/mol. The molecule has 0 radical (unpaired) electrons. The van der Waals surface area contributed by atoms with Crippen molar-refractivity contribution in [3.63, 3.8) is 0 Å². The van der Waals surface area contributed by atoms with Gasteiger partial charge in [-0.15, -0.1) is 0 Å². The number of hydrogen-bond acceptors (Lipinski definition) is 1. The first kappa shape index (κ1) is 11.2. The summed E-state index contributed by atoms with van der Waals surface area (Å²) in [6, 6.07) is 7.24. The molecule has 2 aromatic rings. The number of nitrogens with one attached hydrogen (secondary N) is 3. The molecule has 0 fully saturated rings. The maximum atomic E-state index is 12.9. The van der Waals surface area contributed by atoms with Gasteiger partial charge in [-0.1, -0.05) is 6.07 Å². The number of aromatic amines is 1.